The molecule has 30 heavy (non-hydrogen) atoms. The zero-order chi connectivity index (χ0) is 23.0. The maximum absolute atomic E-state index is 12.5. The van der Waals surface area contributed by atoms with Crippen LogP contribution in [0.4, 0.5) is 0 Å². The predicted octanol–water partition coefficient (Wildman–Crippen LogP) is 5.23. The van der Waals surface area contributed by atoms with E-state index < -0.39 is 31.5 Å². The molecule has 0 radical (unpaired) electrons. The van der Waals surface area contributed by atoms with Crippen molar-refractivity contribution in [3.05, 3.63) is 0 Å². The number of esters is 2. The van der Waals surface area contributed by atoms with Crippen LogP contribution < -0.4 is 5.32 Å². The quantitative estimate of drug-likeness (QED) is 0.144. The first-order valence-electron chi connectivity index (χ1n) is 11.7. The van der Waals surface area contributed by atoms with Gasteiger partial charge >= 0.3 is 11.9 Å². The molecule has 0 spiro atoms. The molecule has 1 amide bonds. The number of unbranched alkanes of at least 4 members (excludes halogenated alkanes) is 8. The maximum Gasteiger partial charge on any atom is 0.343 e. The topological polar surface area (TPSA) is 81.7 Å². The number of rotatable bonds is 17. The van der Waals surface area contributed by atoms with E-state index in [2.05, 4.69) is 25.0 Å². The van der Waals surface area contributed by atoms with Gasteiger partial charge in [0.05, 0.1) is 13.2 Å². The monoisotopic (exact) mass is 443 g/mol. The normalized spacial score (nSPS) is 11.8. The van der Waals surface area contributed by atoms with Gasteiger partial charge in [0, 0.05) is 15.0 Å². The first-order valence-corrected chi connectivity index (χ1v) is 15.4. The fourth-order valence-electron chi connectivity index (χ4n) is 3.54. The second-order valence-corrected chi connectivity index (χ2v) is 14.9. The summed E-state index contributed by atoms with van der Waals surface area (Å²) < 4.78 is 10.2. The number of hydrogen-bond acceptors (Lipinski definition) is 5. The molecule has 0 aliphatic heterocycles. The van der Waals surface area contributed by atoms with Crippen molar-refractivity contribution in [1.82, 2.24) is 5.32 Å². The van der Waals surface area contributed by atoms with Crippen LogP contribution in [-0.4, -0.2) is 44.7 Å². The number of ether oxygens (including phenoxy) is 2. The molecule has 0 unspecified atom stereocenters. The minimum Gasteiger partial charge on any atom is -0.464 e. The molecule has 6 nitrogen and oxygen atoms in total. The number of hydrogen-bond donors (Lipinski definition) is 1. The lowest BCUT2D eigenvalue weighted by Gasteiger charge is -2.29. The second-order valence-electron chi connectivity index (χ2n) is 9.27. The summed E-state index contributed by atoms with van der Waals surface area (Å²) in [6, 6.07) is 1.42. The molecular formula is C23H45NO5Si. The van der Waals surface area contributed by atoms with Crippen molar-refractivity contribution in [2.24, 2.45) is 0 Å². The van der Waals surface area contributed by atoms with Crippen LogP contribution >= 0.6 is 0 Å². The molecule has 0 aromatic carbocycles. The summed E-state index contributed by atoms with van der Waals surface area (Å²) in [6.07, 6.45) is 10.4. The van der Waals surface area contributed by atoms with Crippen LogP contribution in [0.15, 0.2) is 0 Å². The van der Waals surface area contributed by atoms with Gasteiger partial charge in [0.25, 0.3) is 0 Å². The summed E-state index contributed by atoms with van der Waals surface area (Å²) in [5.41, 5.74) is -1.74. The summed E-state index contributed by atoms with van der Waals surface area (Å²) in [5.74, 6) is -1.93. The summed E-state index contributed by atoms with van der Waals surface area (Å²) in [6.45, 7) is 12.2. The Hall–Kier alpha value is -1.37. The van der Waals surface area contributed by atoms with Gasteiger partial charge in [-0.15, -0.1) is 0 Å². The first-order chi connectivity index (χ1) is 14.1. The third kappa shape index (κ3) is 12.4. The molecule has 0 aliphatic carbocycles. The molecule has 0 aliphatic rings. The number of nitrogens with one attached hydrogen (secondary N) is 1. The van der Waals surface area contributed by atoms with Crippen molar-refractivity contribution >= 4 is 25.9 Å². The zero-order valence-electron chi connectivity index (χ0n) is 20.2. The molecule has 0 saturated carbocycles. The highest BCUT2D eigenvalue weighted by Crippen LogP contribution is 2.21. The third-order valence-corrected chi connectivity index (χ3v) is 6.97. The highest BCUT2D eigenvalue weighted by atomic mass is 28.3. The fourth-order valence-corrected chi connectivity index (χ4v) is 4.85. The first kappa shape index (κ1) is 28.6. The molecule has 0 heterocycles. The van der Waals surface area contributed by atoms with E-state index >= 15 is 0 Å². The van der Waals surface area contributed by atoms with Crippen molar-refractivity contribution in [2.45, 2.75) is 116 Å². The lowest BCUT2D eigenvalue weighted by Crippen LogP contribution is -2.61. The van der Waals surface area contributed by atoms with Gasteiger partial charge in [-0.3, -0.25) is 4.79 Å². The van der Waals surface area contributed by atoms with Gasteiger partial charge in [0.15, 0.2) is 0 Å². The van der Waals surface area contributed by atoms with Crippen molar-refractivity contribution in [2.75, 3.05) is 13.2 Å². The molecule has 1 N–H and O–H groups in total. The summed E-state index contributed by atoms with van der Waals surface area (Å²) in [7, 11) is -0.893. The largest absolute Gasteiger partial charge is 0.464 e. The number of carbonyl (C=O) groups excluding carboxylic acids is 3. The molecule has 7 heteroatoms. The van der Waals surface area contributed by atoms with Crippen LogP contribution in [0, 0.1) is 0 Å². The average molecular weight is 444 g/mol. The Morgan fingerprint density at radius 3 is 1.50 bits per heavy atom. The van der Waals surface area contributed by atoms with Crippen molar-refractivity contribution in [1.29, 1.82) is 0 Å². The fraction of sp³-hybridized carbons (Fsp3) is 0.870. The molecule has 0 rings (SSSR count). The van der Waals surface area contributed by atoms with E-state index in [1.54, 1.807) is 13.8 Å². The third-order valence-electron chi connectivity index (χ3n) is 5.12. The van der Waals surface area contributed by atoms with E-state index in [9.17, 15) is 14.4 Å². The van der Waals surface area contributed by atoms with E-state index in [1.165, 1.54) is 45.1 Å². The summed E-state index contributed by atoms with van der Waals surface area (Å²) >= 11 is 0. The van der Waals surface area contributed by atoms with E-state index in [4.69, 9.17) is 9.47 Å². The molecule has 0 aromatic heterocycles. The van der Waals surface area contributed by atoms with E-state index in [-0.39, 0.29) is 19.6 Å². The maximum atomic E-state index is 12.5. The minimum atomic E-state index is -1.74. The average Bonchev–Trinajstić information content (AvgIpc) is 2.64. The van der Waals surface area contributed by atoms with Gasteiger partial charge in [0.2, 0.25) is 11.4 Å². The highest BCUT2D eigenvalue weighted by molar-refractivity contribution is 6.76. The van der Waals surface area contributed by atoms with E-state index in [1.807, 2.05) is 0 Å². The molecule has 0 saturated heterocycles. The minimum absolute atomic E-state index is 0.136. The molecule has 0 fully saturated rings. The van der Waals surface area contributed by atoms with Crippen LogP contribution in [-0.2, 0) is 23.9 Å². The van der Waals surface area contributed by atoms with Gasteiger partial charge < -0.3 is 14.8 Å². The van der Waals surface area contributed by atoms with Crippen molar-refractivity contribution in [3.8, 4) is 0 Å². The van der Waals surface area contributed by atoms with Gasteiger partial charge in [-0.1, -0.05) is 77.1 Å². The molecule has 0 bridgehead atoms. The van der Waals surface area contributed by atoms with Crippen molar-refractivity contribution in [3.63, 3.8) is 0 Å². The van der Waals surface area contributed by atoms with Crippen LogP contribution in [0.2, 0.25) is 25.7 Å². The summed E-state index contributed by atoms with van der Waals surface area (Å²) in [5, 5.41) is 2.52. The van der Waals surface area contributed by atoms with Crippen molar-refractivity contribution < 1.29 is 23.9 Å². The Kier molecular flexibility index (Phi) is 14.7. The predicted molar refractivity (Wildman–Crippen MR) is 124 cm³/mol. The molecule has 176 valence electrons. The van der Waals surface area contributed by atoms with Crippen LogP contribution in [0.3, 0.4) is 0 Å². The Balaban J connectivity index is 4.37. The number of carbonyl (C=O) groups is 3. The Bertz CT molecular complexity index is 498. The van der Waals surface area contributed by atoms with Gasteiger partial charge in [-0.2, -0.15) is 0 Å². The lowest BCUT2D eigenvalue weighted by molar-refractivity contribution is -0.168. The van der Waals surface area contributed by atoms with Gasteiger partial charge in [0.1, 0.15) is 0 Å². The zero-order valence-corrected chi connectivity index (χ0v) is 21.2. The molecular weight excluding hydrogens is 398 g/mol. The Labute approximate surface area is 184 Å². The smallest absolute Gasteiger partial charge is 0.343 e. The summed E-state index contributed by atoms with van der Waals surface area (Å²) in [4.78, 5) is 36.8. The SMILES string of the molecule is CCOC(=O)C(CCCCCCCCCCC[Si](C)(C)C)(NC(C)=O)C(=O)OCC. The lowest BCUT2D eigenvalue weighted by atomic mass is 9.91. The van der Waals surface area contributed by atoms with Crippen LogP contribution in [0.5, 0.6) is 0 Å². The molecule has 0 aromatic rings. The van der Waals surface area contributed by atoms with Gasteiger partial charge in [-0.05, 0) is 26.7 Å². The van der Waals surface area contributed by atoms with Crippen LogP contribution in [0.1, 0.15) is 85.0 Å². The number of amides is 1. The highest BCUT2D eigenvalue weighted by Gasteiger charge is 2.49. The Morgan fingerprint density at radius 1 is 0.733 bits per heavy atom. The van der Waals surface area contributed by atoms with E-state index in [0.717, 1.165) is 19.3 Å². The van der Waals surface area contributed by atoms with Crippen LogP contribution in [0.25, 0.3) is 0 Å². The van der Waals surface area contributed by atoms with Gasteiger partial charge in [-0.25, -0.2) is 9.59 Å². The Morgan fingerprint density at radius 2 is 1.13 bits per heavy atom. The standard InChI is InChI=1S/C23H45NO5Si/c1-7-28-21(26)23(24-20(3)25,22(27)29-8-2)18-16-14-12-10-9-11-13-15-17-19-30(4,5)6/h7-19H2,1-6H3,(H,24,25). The second kappa shape index (κ2) is 15.4. The van der Waals surface area contributed by atoms with E-state index in [0.29, 0.717) is 6.42 Å². The molecule has 0 atom stereocenters.